The lowest BCUT2D eigenvalue weighted by molar-refractivity contribution is 0.0461. The maximum Gasteiger partial charge on any atom is 0.0494 e. The highest BCUT2D eigenvalue weighted by molar-refractivity contribution is 4.98. The quantitative estimate of drug-likeness (QED) is 0.739. The molecule has 1 saturated carbocycles. The van der Waals surface area contributed by atoms with Gasteiger partial charge < -0.3 is 15.8 Å². The lowest BCUT2D eigenvalue weighted by Crippen LogP contribution is -2.33. The third-order valence-corrected chi connectivity index (χ3v) is 4.79. The van der Waals surface area contributed by atoms with Crippen molar-refractivity contribution in [2.45, 2.75) is 44.2 Å². The molecule has 3 nitrogen and oxygen atoms in total. The Morgan fingerprint density at radius 1 is 1.31 bits per heavy atom. The van der Waals surface area contributed by atoms with Crippen LogP contribution in [0, 0.1) is 17.8 Å². The van der Waals surface area contributed by atoms with E-state index in [2.05, 4.69) is 5.32 Å². The van der Waals surface area contributed by atoms with Crippen LogP contribution in [-0.4, -0.2) is 31.8 Å². The number of fused-ring (bicyclic) bond motifs is 1. The molecule has 3 fully saturated rings. The molecule has 2 saturated heterocycles. The normalized spacial score (nSPS) is 48.2. The average Bonchev–Trinajstić information content (AvgIpc) is 2.81. The second-order valence-electron chi connectivity index (χ2n) is 5.99. The fraction of sp³-hybridized carbons (Fsp3) is 1.00. The molecule has 0 radical (unpaired) electrons. The van der Waals surface area contributed by atoms with Crippen molar-refractivity contribution >= 4 is 0 Å². The van der Waals surface area contributed by atoms with Gasteiger partial charge in [0.15, 0.2) is 0 Å². The minimum Gasteiger partial charge on any atom is -0.381 e. The molecule has 0 spiro atoms. The molecule has 92 valence electrons. The Bertz CT molecular complexity index is 240. The van der Waals surface area contributed by atoms with E-state index in [4.69, 9.17) is 10.5 Å². The molecule has 3 N–H and O–H groups in total. The molecule has 3 aliphatic rings. The van der Waals surface area contributed by atoms with E-state index < -0.39 is 0 Å². The highest BCUT2D eigenvalue weighted by Crippen LogP contribution is 2.39. The van der Waals surface area contributed by atoms with Gasteiger partial charge in [0, 0.05) is 25.3 Å². The summed E-state index contributed by atoms with van der Waals surface area (Å²) < 4.78 is 5.57. The minimum atomic E-state index is 0.474. The Labute approximate surface area is 98.1 Å². The van der Waals surface area contributed by atoms with Crippen molar-refractivity contribution in [3.8, 4) is 0 Å². The summed E-state index contributed by atoms with van der Waals surface area (Å²) in [5.74, 6) is 2.52. The van der Waals surface area contributed by atoms with Gasteiger partial charge in [0.2, 0.25) is 0 Å². The van der Waals surface area contributed by atoms with Crippen LogP contribution >= 0.6 is 0 Å². The van der Waals surface area contributed by atoms with E-state index in [0.717, 1.165) is 37.0 Å². The van der Waals surface area contributed by atoms with Gasteiger partial charge >= 0.3 is 0 Å². The summed E-state index contributed by atoms with van der Waals surface area (Å²) in [6, 6.07) is 1.20. The first-order valence-electron chi connectivity index (χ1n) is 6.89. The van der Waals surface area contributed by atoms with E-state index in [0.29, 0.717) is 6.04 Å². The van der Waals surface area contributed by atoms with Crippen LogP contribution in [0.25, 0.3) is 0 Å². The van der Waals surface area contributed by atoms with Crippen molar-refractivity contribution in [1.29, 1.82) is 0 Å². The maximum absolute atomic E-state index is 6.07. The van der Waals surface area contributed by atoms with Crippen molar-refractivity contribution in [3.63, 3.8) is 0 Å². The molecule has 0 aromatic rings. The molecule has 0 bridgehead atoms. The molecule has 2 heterocycles. The topological polar surface area (TPSA) is 47.3 Å². The van der Waals surface area contributed by atoms with Crippen LogP contribution in [0.15, 0.2) is 0 Å². The number of rotatable bonds is 2. The zero-order valence-corrected chi connectivity index (χ0v) is 10.0. The smallest absolute Gasteiger partial charge is 0.0494 e. The van der Waals surface area contributed by atoms with Crippen molar-refractivity contribution in [3.05, 3.63) is 0 Å². The molecule has 5 unspecified atom stereocenters. The SMILES string of the molecule is NC1CC2CNC(CC3CCCOC3)C2C1. The lowest BCUT2D eigenvalue weighted by atomic mass is 9.86. The van der Waals surface area contributed by atoms with Crippen molar-refractivity contribution in [2.24, 2.45) is 23.5 Å². The van der Waals surface area contributed by atoms with E-state index in [1.165, 1.54) is 38.6 Å². The van der Waals surface area contributed by atoms with Crippen LogP contribution in [0.2, 0.25) is 0 Å². The molecule has 3 rings (SSSR count). The van der Waals surface area contributed by atoms with Gasteiger partial charge in [-0.2, -0.15) is 0 Å². The molecular formula is C13H24N2O. The molecule has 0 aromatic heterocycles. The molecule has 16 heavy (non-hydrogen) atoms. The van der Waals surface area contributed by atoms with Gasteiger partial charge in [-0.15, -0.1) is 0 Å². The van der Waals surface area contributed by atoms with Crippen LogP contribution in [0.3, 0.4) is 0 Å². The molecule has 5 atom stereocenters. The predicted molar refractivity (Wildman–Crippen MR) is 64.1 cm³/mol. The monoisotopic (exact) mass is 224 g/mol. The fourth-order valence-corrected chi connectivity index (χ4v) is 3.99. The molecule has 2 aliphatic heterocycles. The van der Waals surface area contributed by atoms with Gasteiger partial charge in [0.25, 0.3) is 0 Å². The van der Waals surface area contributed by atoms with Crippen molar-refractivity contribution in [2.75, 3.05) is 19.8 Å². The second kappa shape index (κ2) is 4.63. The Morgan fingerprint density at radius 3 is 3.06 bits per heavy atom. The van der Waals surface area contributed by atoms with Gasteiger partial charge in [-0.1, -0.05) is 0 Å². The number of hydrogen-bond donors (Lipinski definition) is 2. The number of nitrogens with two attached hydrogens (primary N) is 1. The standard InChI is InChI=1S/C13H24N2O/c14-11-5-10-7-15-13(12(10)6-11)4-9-2-1-3-16-8-9/h9-13,15H,1-8,14H2. The van der Waals surface area contributed by atoms with Gasteiger partial charge in [-0.25, -0.2) is 0 Å². The highest BCUT2D eigenvalue weighted by atomic mass is 16.5. The fourth-order valence-electron chi connectivity index (χ4n) is 3.99. The first-order valence-corrected chi connectivity index (χ1v) is 6.89. The Kier molecular flexibility index (Phi) is 3.18. The summed E-state index contributed by atoms with van der Waals surface area (Å²) >= 11 is 0. The minimum absolute atomic E-state index is 0.474. The second-order valence-corrected chi connectivity index (χ2v) is 5.99. The predicted octanol–water partition coefficient (Wildman–Crippen LogP) is 1.13. The van der Waals surface area contributed by atoms with Crippen LogP contribution in [-0.2, 0) is 4.74 Å². The van der Waals surface area contributed by atoms with Crippen molar-refractivity contribution in [1.82, 2.24) is 5.32 Å². The molecular weight excluding hydrogens is 200 g/mol. The Balaban J connectivity index is 1.55. The highest BCUT2D eigenvalue weighted by Gasteiger charge is 2.42. The third kappa shape index (κ3) is 2.13. The Morgan fingerprint density at radius 2 is 2.25 bits per heavy atom. The summed E-state index contributed by atoms with van der Waals surface area (Å²) in [5.41, 5.74) is 6.07. The molecule has 0 aromatic carbocycles. The largest absolute Gasteiger partial charge is 0.381 e. The Hall–Kier alpha value is -0.120. The molecule has 1 aliphatic carbocycles. The average molecular weight is 224 g/mol. The molecule has 3 heteroatoms. The maximum atomic E-state index is 6.07. The van der Waals surface area contributed by atoms with E-state index in [-0.39, 0.29) is 0 Å². The van der Waals surface area contributed by atoms with Crippen molar-refractivity contribution < 1.29 is 4.74 Å². The van der Waals surface area contributed by atoms with Crippen LogP contribution in [0.1, 0.15) is 32.1 Å². The summed E-state index contributed by atoms with van der Waals surface area (Å²) in [6.45, 7) is 3.17. The van der Waals surface area contributed by atoms with Crippen LogP contribution < -0.4 is 11.1 Å². The molecule has 0 amide bonds. The summed E-state index contributed by atoms with van der Waals surface area (Å²) in [6.07, 6.45) is 6.42. The summed E-state index contributed by atoms with van der Waals surface area (Å²) in [5, 5.41) is 3.72. The number of hydrogen-bond acceptors (Lipinski definition) is 3. The van der Waals surface area contributed by atoms with E-state index in [1.54, 1.807) is 0 Å². The summed E-state index contributed by atoms with van der Waals surface area (Å²) in [4.78, 5) is 0. The lowest BCUT2D eigenvalue weighted by Gasteiger charge is -2.27. The zero-order chi connectivity index (χ0) is 11.0. The zero-order valence-electron chi connectivity index (χ0n) is 10.0. The summed E-state index contributed by atoms with van der Waals surface area (Å²) in [7, 11) is 0. The van der Waals surface area contributed by atoms with Gasteiger partial charge in [-0.3, -0.25) is 0 Å². The van der Waals surface area contributed by atoms with E-state index >= 15 is 0 Å². The van der Waals surface area contributed by atoms with Gasteiger partial charge in [-0.05, 0) is 56.4 Å². The van der Waals surface area contributed by atoms with Crippen LogP contribution in [0.5, 0.6) is 0 Å². The number of nitrogens with one attached hydrogen (secondary N) is 1. The van der Waals surface area contributed by atoms with E-state index in [1.807, 2.05) is 0 Å². The van der Waals surface area contributed by atoms with Gasteiger partial charge in [0.1, 0.15) is 0 Å². The first-order chi connectivity index (χ1) is 7.83. The number of ether oxygens (including phenoxy) is 1. The van der Waals surface area contributed by atoms with E-state index in [9.17, 15) is 0 Å². The first kappa shape index (κ1) is 11.0. The van der Waals surface area contributed by atoms with Crippen LogP contribution in [0.4, 0.5) is 0 Å². The third-order valence-electron chi connectivity index (χ3n) is 4.79. The van der Waals surface area contributed by atoms with Gasteiger partial charge in [0.05, 0.1) is 0 Å².